The molecule has 1 fully saturated rings. The van der Waals surface area contributed by atoms with Gasteiger partial charge in [-0.3, -0.25) is 4.79 Å². The molecule has 0 radical (unpaired) electrons. The molecule has 2 aromatic heterocycles. The van der Waals surface area contributed by atoms with Gasteiger partial charge >= 0.3 is 0 Å². The summed E-state index contributed by atoms with van der Waals surface area (Å²) < 4.78 is 8.29. The number of hydrogen-bond acceptors (Lipinski definition) is 6. The molecule has 0 unspecified atom stereocenters. The van der Waals surface area contributed by atoms with Crippen LogP contribution >= 0.6 is 0 Å². The molecule has 1 spiro atoms. The van der Waals surface area contributed by atoms with Gasteiger partial charge in [-0.05, 0) is 43.9 Å². The van der Waals surface area contributed by atoms with Crippen molar-refractivity contribution < 1.29 is 9.53 Å². The van der Waals surface area contributed by atoms with Crippen LogP contribution in [0.2, 0.25) is 0 Å². The molecule has 4 heterocycles. The van der Waals surface area contributed by atoms with Gasteiger partial charge in [0.2, 0.25) is 5.95 Å². The maximum atomic E-state index is 13.2. The Kier molecular flexibility index (Phi) is 5.17. The summed E-state index contributed by atoms with van der Waals surface area (Å²) in [5, 5.41) is 4.93. The zero-order chi connectivity index (χ0) is 22.3. The number of benzene rings is 1. The molecule has 1 saturated heterocycles. The highest BCUT2D eigenvalue weighted by Gasteiger charge is 2.44. The molecule has 0 bridgehead atoms. The molecule has 0 saturated carbocycles. The second kappa shape index (κ2) is 8.02. The number of likely N-dealkylation sites (tertiary alicyclic amines) is 1. The first kappa shape index (κ1) is 20.6. The molecule has 2 aliphatic heterocycles. The minimum Gasteiger partial charge on any atom is -0.368 e. The summed E-state index contributed by atoms with van der Waals surface area (Å²) in [7, 11) is 3.77. The van der Waals surface area contributed by atoms with E-state index in [2.05, 4.69) is 28.3 Å². The fraction of sp³-hybridized carbons (Fsp3) is 0.417. The second-order valence-corrected chi connectivity index (χ2v) is 8.73. The van der Waals surface area contributed by atoms with E-state index in [0.717, 1.165) is 30.6 Å². The maximum absolute atomic E-state index is 13.2. The molecule has 32 heavy (non-hydrogen) atoms. The first-order chi connectivity index (χ1) is 15.5. The number of ether oxygens (including phenoxy) is 1. The average Bonchev–Trinajstić information content (AvgIpc) is 3.26. The predicted molar refractivity (Wildman–Crippen MR) is 121 cm³/mol. The molecule has 166 valence electrons. The maximum Gasteiger partial charge on any atom is 0.257 e. The Hall–Kier alpha value is -3.26. The number of nitrogens with zero attached hydrogens (tertiary/aromatic N) is 6. The number of anilines is 1. The van der Waals surface area contributed by atoms with Crippen molar-refractivity contribution in [2.24, 2.45) is 0 Å². The zero-order valence-corrected chi connectivity index (χ0v) is 18.8. The molecular weight excluding hydrogens is 404 g/mol. The summed E-state index contributed by atoms with van der Waals surface area (Å²) in [5.74, 6) is 0.585. The van der Waals surface area contributed by atoms with E-state index in [4.69, 9.17) is 9.84 Å². The number of hydrogen-bond donors (Lipinski definition) is 0. The van der Waals surface area contributed by atoms with Crippen LogP contribution in [0.15, 0.2) is 42.7 Å². The highest BCUT2D eigenvalue weighted by Crippen LogP contribution is 2.41. The number of carbonyl (C=O) groups excluding carboxylic acids is 1. The third kappa shape index (κ3) is 3.54. The Morgan fingerprint density at radius 2 is 1.91 bits per heavy atom. The lowest BCUT2D eigenvalue weighted by Crippen LogP contribution is -2.48. The largest absolute Gasteiger partial charge is 0.368 e. The lowest BCUT2D eigenvalue weighted by Gasteiger charge is -2.43. The first-order valence-corrected chi connectivity index (χ1v) is 11.1. The summed E-state index contributed by atoms with van der Waals surface area (Å²) in [6.45, 7) is 3.77. The number of amides is 1. The van der Waals surface area contributed by atoms with Crippen LogP contribution in [0.4, 0.5) is 5.95 Å². The van der Waals surface area contributed by atoms with E-state index < -0.39 is 5.60 Å². The number of fused-ring (bicyclic) bond motifs is 2. The van der Waals surface area contributed by atoms with E-state index in [9.17, 15) is 4.79 Å². The molecule has 2 aliphatic rings. The molecule has 0 N–H and O–H groups in total. The summed E-state index contributed by atoms with van der Waals surface area (Å²) in [6.07, 6.45) is 6.09. The summed E-state index contributed by atoms with van der Waals surface area (Å²) in [6, 6.07) is 10.1. The molecule has 8 nitrogen and oxygen atoms in total. The standard InChI is InChI=1S/C24H28N6O2/c1-17-20(15-25-23(26-17)28(2)3)22(31)29-12-10-24(11-13-29)21-18(9-14-32-24)16-30(27-21)19-7-5-4-6-8-19/h4-8,15-16H,9-14H2,1-3H3. The van der Waals surface area contributed by atoms with Crippen molar-refractivity contribution in [2.75, 3.05) is 38.7 Å². The molecule has 3 aromatic rings. The predicted octanol–water partition coefficient (Wildman–Crippen LogP) is 2.74. The van der Waals surface area contributed by atoms with E-state index >= 15 is 0 Å². The molecule has 8 heteroatoms. The first-order valence-electron chi connectivity index (χ1n) is 11.1. The highest BCUT2D eigenvalue weighted by atomic mass is 16.5. The monoisotopic (exact) mass is 432 g/mol. The van der Waals surface area contributed by atoms with Crippen LogP contribution < -0.4 is 4.90 Å². The number of carbonyl (C=O) groups is 1. The van der Waals surface area contributed by atoms with Crippen LogP contribution in [0, 0.1) is 6.92 Å². The SMILES string of the molecule is Cc1nc(N(C)C)ncc1C(=O)N1CCC2(CC1)OCCc1cn(-c3ccccc3)nc12. The topological polar surface area (TPSA) is 76.4 Å². The van der Waals surface area contributed by atoms with Crippen molar-refractivity contribution in [2.45, 2.75) is 31.8 Å². The van der Waals surface area contributed by atoms with Crippen LogP contribution in [0.5, 0.6) is 0 Å². The fourth-order valence-electron chi connectivity index (χ4n) is 4.62. The van der Waals surface area contributed by atoms with Crippen LogP contribution in [-0.2, 0) is 16.8 Å². The van der Waals surface area contributed by atoms with Crippen LogP contribution in [0.1, 0.15) is 40.2 Å². The van der Waals surface area contributed by atoms with Crippen molar-refractivity contribution in [1.82, 2.24) is 24.6 Å². The van der Waals surface area contributed by atoms with Gasteiger partial charge in [0.05, 0.1) is 29.2 Å². The third-order valence-electron chi connectivity index (χ3n) is 6.45. The number of aryl methyl sites for hydroxylation is 1. The Balaban J connectivity index is 1.35. The van der Waals surface area contributed by atoms with E-state index in [1.807, 2.05) is 53.7 Å². The van der Waals surface area contributed by atoms with Crippen molar-refractivity contribution >= 4 is 11.9 Å². The lowest BCUT2D eigenvalue weighted by molar-refractivity contribution is -0.0963. The van der Waals surface area contributed by atoms with E-state index in [0.29, 0.717) is 36.9 Å². The third-order valence-corrected chi connectivity index (χ3v) is 6.45. The number of para-hydroxylation sites is 1. The van der Waals surface area contributed by atoms with Crippen molar-refractivity contribution in [3.8, 4) is 5.69 Å². The van der Waals surface area contributed by atoms with Crippen molar-refractivity contribution in [1.29, 1.82) is 0 Å². The average molecular weight is 433 g/mol. The van der Waals surface area contributed by atoms with Gasteiger partial charge in [0.1, 0.15) is 5.60 Å². The molecule has 1 aromatic carbocycles. The smallest absolute Gasteiger partial charge is 0.257 e. The summed E-state index contributed by atoms with van der Waals surface area (Å²) in [5.41, 5.74) is 4.14. The van der Waals surface area contributed by atoms with Gasteiger partial charge in [-0.25, -0.2) is 14.6 Å². The highest BCUT2D eigenvalue weighted by molar-refractivity contribution is 5.95. The van der Waals surface area contributed by atoms with Gasteiger partial charge in [-0.2, -0.15) is 5.10 Å². The van der Waals surface area contributed by atoms with Gasteiger partial charge in [0.15, 0.2) is 0 Å². The zero-order valence-electron chi connectivity index (χ0n) is 18.8. The van der Waals surface area contributed by atoms with Crippen molar-refractivity contribution in [3.05, 3.63) is 65.2 Å². The van der Waals surface area contributed by atoms with Crippen LogP contribution in [-0.4, -0.2) is 64.3 Å². The number of aromatic nitrogens is 4. The van der Waals surface area contributed by atoms with Gasteiger partial charge in [-0.1, -0.05) is 18.2 Å². The Morgan fingerprint density at radius 3 is 2.59 bits per heavy atom. The number of rotatable bonds is 3. The minimum atomic E-state index is -0.426. The summed E-state index contributed by atoms with van der Waals surface area (Å²) in [4.78, 5) is 25.7. The second-order valence-electron chi connectivity index (χ2n) is 8.73. The minimum absolute atomic E-state index is 0.0199. The van der Waals surface area contributed by atoms with Crippen LogP contribution in [0.3, 0.4) is 0 Å². The van der Waals surface area contributed by atoms with Gasteiger partial charge < -0.3 is 14.5 Å². The van der Waals surface area contributed by atoms with Crippen molar-refractivity contribution in [3.63, 3.8) is 0 Å². The van der Waals surface area contributed by atoms with E-state index in [1.165, 1.54) is 5.56 Å². The molecule has 0 atom stereocenters. The Labute approximate surface area is 187 Å². The quantitative estimate of drug-likeness (QED) is 0.634. The molecule has 1 amide bonds. The normalized spacial score (nSPS) is 17.3. The molecule has 5 rings (SSSR count). The number of piperidine rings is 1. The van der Waals surface area contributed by atoms with Gasteiger partial charge in [0.25, 0.3) is 5.91 Å². The Morgan fingerprint density at radius 1 is 1.16 bits per heavy atom. The van der Waals surface area contributed by atoms with Gasteiger partial charge in [-0.15, -0.1) is 0 Å². The molecule has 0 aliphatic carbocycles. The summed E-state index contributed by atoms with van der Waals surface area (Å²) >= 11 is 0. The van der Waals surface area contributed by atoms with E-state index in [-0.39, 0.29) is 5.91 Å². The van der Waals surface area contributed by atoms with Gasteiger partial charge in [0, 0.05) is 39.6 Å². The van der Waals surface area contributed by atoms with Crippen LogP contribution in [0.25, 0.3) is 5.69 Å². The lowest BCUT2D eigenvalue weighted by atomic mass is 9.83. The molecular formula is C24H28N6O2. The fourth-order valence-corrected chi connectivity index (χ4v) is 4.62. The Bertz CT molecular complexity index is 1130. The van der Waals surface area contributed by atoms with E-state index in [1.54, 1.807) is 6.20 Å².